The van der Waals surface area contributed by atoms with E-state index in [0.29, 0.717) is 17.2 Å². The number of amides is 1. The number of carbonyl (C=O) groups is 2. The summed E-state index contributed by atoms with van der Waals surface area (Å²) in [6.45, 7) is 1.82. The monoisotopic (exact) mass is 362 g/mol. The molecule has 0 aliphatic heterocycles. The number of aliphatic imine (C=N–C) groups is 1. The zero-order valence-electron chi connectivity index (χ0n) is 14.4. The van der Waals surface area contributed by atoms with Crippen LogP contribution in [0.4, 0.5) is 10.5 Å². The molecule has 0 radical (unpaired) electrons. The molecule has 0 unspecified atom stereocenters. The van der Waals surface area contributed by atoms with Gasteiger partial charge < -0.3 is 19.3 Å². The molecule has 0 saturated carbocycles. The predicted molar refractivity (Wildman–Crippen MR) is 91.4 cm³/mol. The van der Waals surface area contributed by atoms with Gasteiger partial charge >= 0.3 is 12.1 Å². The van der Waals surface area contributed by atoms with Crippen LogP contribution in [0.1, 0.15) is 17.3 Å². The van der Waals surface area contributed by atoms with Crippen molar-refractivity contribution in [3.05, 3.63) is 36.2 Å². The molecular formula is C16H18N4O6. The fourth-order valence-electron chi connectivity index (χ4n) is 1.96. The van der Waals surface area contributed by atoms with Gasteiger partial charge in [0.1, 0.15) is 0 Å². The van der Waals surface area contributed by atoms with Crippen LogP contribution < -0.4 is 14.8 Å². The normalized spacial score (nSPS) is 11.0. The maximum Gasteiger partial charge on any atom is 0.414 e. The first-order chi connectivity index (χ1) is 12.5. The van der Waals surface area contributed by atoms with E-state index in [-0.39, 0.29) is 18.1 Å². The number of carbonyl (C=O) groups excluding carboxylic acids is 1. The Balaban J connectivity index is 2.43. The van der Waals surface area contributed by atoms with Gasteiger partial charge in [0.05, 0.1) is 38.3 Å². The number of carboxylic acids is 1. The van der Waals surface area contributed by atoms with Gasteiger partial charge in [-0.15, -0.1) is 0 Å². The largest absolute Gasteiger partial charge is 0.493 e. The van der Waals surface area contributed by atoms with Gasteiger partial charge in [-0.3, -0.25) is 5.32 Å². The number of hydrogen-bond acceptors (Lipinski definition) is 7. The van der Waals surface area contributed by atoms with E-state index in [9.17, 15) is 9.59 Å². The van der Waals surface area contributed by atoms with Crippen molar-refractivity contribution in [3.8, 4) is 11.5 Å². The van der Waals surface area contributed by atoms with Gasteiger partial charge in [0.15, 0.2) is 11.5 Å². The summed E-state index contributed by atoms with van der Waals surface area (Å²) in [6, 6.07) is 4.87. The van der Waals surface area contributed by atoms with Crippen molar-refractivity contribution >= 4 is 23.7 Å². The molecular weight excluding hydrogens is 344 g/mol. The summed E-state index contributed by atoms with van der Waals surface area (Å²) >= 11 is 0. The molecule has 0 saturated heterocycles. The Kier molecular flexibility index (Phi) is 6.15. The van der Waals surface area contributed by atoms with Crippen LogP contribution in [0, 0.1) is 0 Å². The average molecular weight is 362 g/mol. The Morgan fingerprint density at radius 1 is 1.27 bits per heavy atom. The Bertz CT molecular complexity index is 830. The van der Waals surface area contributed by atoms with Gasteiger partial charge in [-0.2, -0.15) is 5.10 Å². The maximum atomic E-state index is 11.8. The molecule has 0 spiro atoms. The highest BCUT2D eigenvalue weighted by atomic mass is 16.5. The van der Waals surface area contributed by atoms with Gasteiger partial charge in [-0.1, -0.05) is 0 Å². The number of rotatable bonds is 5. The molecule has 0 aliphatic carbocycles. The predicted octanol–water partition coefficient (Wildman–Crippen LogP) is 1.88. The van der Waals surface area contributed by atoms with Crippen LogP contribution in [0.3, 0.4) is 0 Å². The summed E-state index contributed by atoms with van der Waals surface area (Å²) in [4.78, 5) is 27.1. The van der Waals surface area contributed by atoms with Crippen LogP contribution in [0.2, 0.25) is 0 Å². The van der Waals surface area contributed by atoms with E-state index in [1.807, 2.05) is 0 Å². The molecule has 1 aromatic heterocycles. The first-order valence-electron chi connectivity index (χ1n) is 7.51. The highest BCUT2D eigenvalue weighted by molar-refractivity contribution is 5.97. The van der Waals surface area contributed by atoms with Crippen LogP contribution in [0.15, 0.2) is 35.6 Å². The maximum absolute atomic E-state index is 11.8. The lowest BCUT2D eigenvalue weighted by Gasteiger charge is -2.10. The number of nitrogens with one attached hydrogen (secondary N) is 1. The summed E-state index contributed by atoms with van der Waals surface area (Å²) < 4.78 is 16.3. The summed E-state index contributed by atoms with van der Waals surface area (Å²) in [7, 11) is 2.99. The van der Waals surface area contributed by atoms with E-state index in [4.69, 9.17) is 19.3 Å². The Morgan fingerprint density at radius 2 is 2.00 bits per heavy atom. The van der Waals surface area contributed by atoms with Crippen molar-refractivity contribution in [1.29, 1.82) is 0 Å². The Morgan fingerprint density at radius 3 is 2.58 bits per heavy atom. The number of hydrogen-bond donors (Lipinski definition) is 2. The third-order valence-corrected chi connectivity index (χ3v) is 3.14. The van der Waals surface area contributed by atoms with Gasteiger partial charge in [0.25, 0.3) is 0 Å². The lowest BCUT2D eigenvalue weighted by atomic mass is 10.3. The lowest BCUT2D eigenvalue weighted by Crippen LogP contribution is -2.36. The van der Waals surface area contributed by atoms with E-state index in [0.717, 1.165) is 10.9 Å². The number of methoxy groups -OCH3 is 2. The number of nitrogens with zero attached hydrogens (tertiary/aromatic N) is 3. The molecule has 2 rings (SSSR count). The molecule has 1 amide bonds. The van der Waals surface area contributed by atoms with Gasteiger partial charge in [0.2, 0.25) is 5.96 Å². The number of ether oxygens (including phenoxy) is 3. The Labute approximate surface area is 149 Å². The summed E-state index contributed by atoms with van der Waals surface area (Å²) in [5.74, 6) is -0.240. The molecule has 2 aromatic rings. The van der Waals surface area contributed by atoms with Gasteiger partial charge in [-0.25, -0.2) is 19.3 Å². The molecule has 0 aliphatic rings. The van der Waals surface area contributed by atoms with Crippen LogP contribution in [-0.4, -0.2) is 53.7 Å². The summed E-state index contributed by atoms with van der Waals surface area (Å²) in [6.07, 6.45) is 1.60. The second-order valence-electron chi connectivity index (χ2n) is 4.80. The third kappa shape index (κ3) is 4.50. The minimum absolute atomic E-state index is 0.0387. The van der Waals surface area contributed by atoms with Crippen LogP contribution in [0.25, 0.3) is 0 Å². The average Bonchev–Trinajstić information content (AvgIpc) is 3.11. The second-order valence-corrected chi connectivity index (χ2v) is 4.80. The number of aromatic nitrogens is 2. The second kappa shape index (κ2) is 8.51. The van der Waals surface area contributed by atoms with E-state index < -0.39 is 12.1 Å². The van der Waals surface area contributed by atoms with Crippen molar-refractivity contribution in [2.45, 2.75) is 6.92 Å². The van der Waals surface area contributed by atoms with Crippen molar-refractivity contribution in [1.82, 2.24) is 15.1 Å². The van der Waals surface area contributed by atoms with Gasteiger partial charge in [0, 0.05) is 12.3 Å². The number of benzene rings is 1. The minimum Gasteiger partial charge on any atom is -0.493 e. The van der Waals surface area contributed by atoms with E-state index in [1.54, 1.807) is 25.1 Å². The standard InChI is InChI=1S/C16H18N4O6/c1-4-26-16(23)19-15(20-9-10(8-17-20)14(21)22)18-11-5-6-12(24-2)13(7-11)25-3/h5-9H,4H2,1-3H3,(H,21,22)(H,18,19,23). The molecule has 0 fully saturated rings. The smallest absolute Gasteiger partial charge is 0.414 e. The van der Waals surface area contributed by atoms with Crippen LogP contribution >= 0.6 is 0 Å². The van der Waals surface area contributed by atoms with E-state index in [2.05, 4.69) is 15.4 Å². The first kappa shape index (κ1) is 18.8. The van der Waals surface area contributed by atoms with Crippen LogP contribution in [0.5, 0.6) is 11.5 Å². The highest BCUT2D eigenvalue weighted by Crippen LogP contribution is 2.31. The number of carboxylic acid groups (broad SMARTS) is 1. The van der Waals surface area contributed by atoms with Crippen molar-refractivity contribution in [2.24, 2.45) is 4.99 Å². The number of aromatic carboxylic acids is 1. The zero-order chi connectivity index (χ0) is 19.1. The number of alkyl carbamates (subject to hydrolysis) is 1. The molecule has 2 N–H and O–H groups in total. The first-order valence-corrected chi connectivity index (χ1v) is 7.51. The van der Waals surface area contributed by atoms with E-state index in [1.165, 1.54) is 20.4 Å². The van der Waals surface area contributed by atoms with Crippen molar-refractivity contribution < 1.29 is 28.9 Å². The van der Waals surface area contributed by atoms with E-state index >= 15 is 0 Å². The minimum atomic E-state index is -1.15. The fourth-order valence-corrected chi connectivity index (χ4v) is 1.96. The quantitative estimate of drug-likeness (QED) is 0.614. The van der Waals surface area contributed by atoms with Crippen LogP contribution in [-0.2, 0) is 4.74 Å². The van der Waals surface area contributed by atoms with Crippen molar-refractivity contribution in [3.63, 3.8) is 0 Å². The summed E-state index contributed by atoms with van der Waals surface area (Å²) in [5, 5.41) is 15.4. The topological polar surface area (TPSA) is 124 Å². The molecule has 0 bridgehead atoms. The molecule has 10 heteroatoms. The molecule has 138 valence electrons. The summed E-state index contributed by atoms with van der Waals surface area (Å²) in [5.41, 5.74) is 0.359. The lowest BCUT2D eigenvalue weighted by molar-refractivity contribution is 0.0697. The molecule has 1 heterocycles. The molecule has 1 aromatic carbocycles. The third-order valence-electron chi connectivity index (χ3n) is 3.14. The molecule has 26 heavy (non-hydrogen) atoms. The fraction of sp³-hybridized carbons (Fsp3) is 0.250. The SMILES string of the molecule is CCOC(=O)NC(=Nc1ccc(OC)c(OC)c1)n1cc(C(=O)O)cn1. The van der Waals surface area contributed by atoms with Gasteiger partial charge in [-0.05, 0) is 19.1 Å². The molecule has 10 nitrogen and oxygen atoms in total. The molecule has 0 atom stereocenters. The highest BCUT2D eigenvalue weighted by Gasteiger charge is 2.14. The van der Waals surface area contributed by atoms with Crippen molar-refractivity contribution in [2.75, 3.05) is 20.8 Å². The Hall–Kier alpha value is -3.56. The zero-order valence-corrected chi connectivity index (χ0v) is 14.4.